The lowest BCUT2D eigenvalue weighted by Gasteiger charge is -2.24. The van der Waals surface area contributed by atoms with Crippen LogP contribution in [0.25, 0.3) is 0 Å². The molecule has 6 heteroatoms. The first-order valence-electron chi connectivity index (χ1n) is 7.86. The van der Waals surface area contributed by atoms with Gasteiger partial charge in [0.1, 0.15) is 5.60 Å². The van der Waals surface area contributed by atoms with Crippen LogP contribution in [0.1, 0.15) is 37.6 Å². The van der Waals surface area contributed by atoms with Crippen molar-refractivity contribution in [1.29, 1.82) is 0 Å². The van der Waals surface area contributed by atoms with E-state index in [1.807, 2.05) is 39.0 Å². The summed E-state index contributed by atoms with van der Waals surface area (Å²) in [6.45, 7) is 6.59. The van der Waals surface area contributed by atoms with Crippen LogP contribution in [0.4, 0.5) is 10.5 Å². The predicted molar refractivity (Wildman–Crippen MR) is 89.7 cm³/mol. The quantitative estimate of drug-likeness (QED) is 0.898. The van der Waals surface area contributed by atoms with Crippen LogP contribution in [0.15, 0.2) is 24.3 Å². The first kappa shape index (κ1) is 17.1. The predicted octanol–water partition coefficient (Wildman–Crippen LogP) is 2.47. The number of hydrogen-bond acceptors (Lipinski definition) is 4. The molecule has 0 saturated carbocycles. The van der Waals surface area contributed by atoms with Gasteiger partial charge in [0.05, 0.1) is 5.56 Å². The van der Waals surface area contributed by atoms with Crippen molar-refractivity contribution in [3.8, 4) is 0 Å². The average Bonchev–Trinajstić information content (AvgIpc) is 2.94. The summed E-state index contributed by atoms with van der Waals surface area (Å²) in [6, 6.07) is 7.29. The highest BCUT2D eigenvalue weighted by atomic mass is 16.6. The highest BCUT2D eigenvalue weighted by Crippen LogP contribution is 2.17. The molecule has 2 N–H and O–H groups in total. The molecule has 1 aromatic rings. The maximum absolute atomic E-state index is 12.4. The molecule has 126 valence electrons. The SMILES string of the molecule is CNc1ccccc1C(=O)NC1CCN(C(=O)OC(C)(C)C)C1. The summed E-state index contributed by atoms with van der Waals surface area (Å²) < 4.78 is 5.36. The van der Waals surface area contributed by atoms with Crippen LogP contribution in [0.3, 0.4) is 0 Å². The van der Waals surface area contributed by atoms with Crippen molar-refractivity contribution in [1.82, 2.24) is 10.2 Å². The van der Waals surface area contributed by atoms with Crippen LogP contribution in [0.2, 0.25) is 0 Å². The van der Waals surface area contributed by atoms with E-state index in [0.29, 0.717) is 18.7 Å². The molecule has 23 heavy (non-hydrogen) atoms. The average molecular weight is 319 g/mol. The zero-order valence-corrected chi connectivity index (χ0v) is 14.2. The smallest absolute Gasteiger partial charge is 0.410 e. The van der Waals surface area contributed by atoms with Gasteiger partial charge in [0.25, 0.3) is 5.91 Å². The molecule has 1 aliphatic heterocycles. The van der Waals surface area contributed by atoms with Gasteiger partial charge in [0.15, 0.2) is 0 Å². The molecule has 1 aliphatic rings. The Kier molecular flexibility index (Phi) is 5.13. The Hall–Kier alpha value is -2.24. The summed E-state index contributed by atoms with van der Waals surface area (Å²) in [5.74, 6) is -0.133. The minimum absolute atomic E-state index is 0.0556. The van der Waals surface area contributed by atoms with Crippen molar-refractivity contribution >= 4 is 17.7 Å². The van der Waals surface area contributed by atoms with Crippen molar-refractivity contribution in [3.05, 3.63) is 29.8 Å². The van der Waals surface area contributed by atoms with E-state index in [0.717, 1.165) is 12.1 Å². The molecule has 1 atom stereocenters. The molecule has 6 nitrogen and oxygen atoms in total. The monoisotopic (exact) mass is 319 g/mol. The molecule has 1 saturated heterocycles. The van der Waals surface area contributed by atoms with Crippen molar-refractivity contribution in [2.24, 2.45) is 0 Å². The third-order valence-electron chi connectivity index (χ3n) is 3.62. The van der Waals surface area contributed by atoms with Gasteiger partial charge in [-0.25, -0.2) is 4.79 Å². The van der Waals surface area contributed by atoms with Gasteiger partial charge < -0.3 is 20.3 Å². The number of anilines is 1. The van der Waals surface area contributed by atoms with Gasteiger partial charge in [-0.2, -0.15) is 0 Å². The Balaban J connectivity index is 1.93. The molecule has 2 amide bonds. The zero-order chi connectivity index (χ0) is 17.0. The number of hydrogen-bond donors (Lipinski definition) is 2. The fourth-order valence-corrected chi connectivity index (χ4v) is 2.53. The maximum atomic E-state index is 12.4. The molecular weight excluding hydrogens is 294 g/mol. The highest BCUT2D eigenvalue weighted by Gasteiger charge is 2.30. The van der Waals surface area contributed by atoms with Crippen molar-refractivity contribution in [2.45, 2.75) is 38.8 Å². The summed E-state index contributed by atoms with van der Waals surface area (Å²) in [6.07, 6.45) is 0.400. The Morgan fingerprint density at radius 3 is 2.61 bits per heavy atom. The lowest BCUT2D eigenvalue weighted by Crippen LogP contribution is -2.40. The van der Waals surface area contributed by atoms with E-state index in [9.17, 15) is 9.59 Å². The Labute approximate surface area is 137 Å². The van der Waals surface area contributed by atoms with E-state index in [4.69, 9.17) is 4.74 Å². The summed E-state index contributed by atoms with van der Waals surface area (Å²) in [7, 11) is 1.78. The van der Waals surface area contributed by atoms with Crippen LogP contribution in [-0.4, -0.2) is 48.7 Å². The van der Waals surface area contributed by atoms with Gasteiger partial charge >= 0.3 is 6.09 Å². The number of nitrogens with one attached hydrogen (secondary N) is 2. The number of benzene rings is 1. The fraction of sp³-hybridized carbons (Fsp3) is 0.529. The molecule has 0 aliphatic carbocycles. The van der Waals surface area contributed by atoms with Gasteiger partial charge in [-0.15, -0.1) is 0 Å². The first-order chi connectivity index (χ1) is 10.8. The summed E-state index contributed by atoms with van der Waals surface area (Å²) >= 11 is 0. The second kappa shape index (κ2) is 6.89. The number of rotatable bonds is 3. The standard InChI is InChI=1S/C17H25N3O3/c1-17(2,3)23-16(22)20-10-9-12(11-20)19-15(21)13-7-5-6-8-14(13)18-4/h5-8,12,18H,9-11H2,1-4H3,(H,19,21). The molecule has 0 spiro atoms. The van der Waals surface area contributed by atoms with Crippen LogP contribution in [0.5, 0.6) is 0 Å². The van der Waals surface area contributed by atoms with Gasteiger partial charge in [-0.05, 0) is 39.3 Å². The lowest BCUT2D eigenvalue weighted by molar-refractivity contribution is 0.0290. The summed E-state index contributed by atoms with van der Waals surface area (Å²) in [5, 5.41) is 6.00. The highest BCUT2D eigenvalue weighted by molar-refractivity contribution is 5.99. The molecule has 1 aromatic carbocycles. The van der Waals surface area contributed by atoms with Crippen LogP contribution in [0, 0.1) is 0 Å². The summed E-state index contributed by atoms with van der Waals surface area (Å²) in [5.41, 5.74) is 0.877. The number of carbonyl (C=O) groups is 2. The van der Waals surface area contributed by atoms with Gasteiger partial charge in [-0.3, -0.25) is 4.79 Å². The fourth-order valence-electron chi connectivity index (χ4n) is 2.53. The third-order valence-corrected chi connectivity index (χ3v) is 3.62. The molecule has 0 bridgehead atoms. The number of para-hydroxylation sites is 1. The number of nitrogens with zero attached hydrogens (tertiary/aromatic N) is 1. The van der Waals surface area contributed by atoms with E-state index in [1.54, 1.807) is 18.0 Å². The number of carbonyl (C=O) groups excluding carboxylic acids is 2. The van der Waals surface area contributed by atoms with E-state index in [2.05, 4.69) is 10.6 Å². The van der Waals surface area contributed by atoms with E-state index < -0.39 is 5.60 Å². The largest absolute Gasteiger partial charge is 0.444 e. The van der Waals surface area contributed by atoms with E-state index in [1.165, 1.54) is 0 Å². The Bertz CT molecular complexity index is 581. The first-order valence-corrected chi connectivity index (χ1v) is 7.86. The zero-order valence-electron chi connectivity index (χ0n) is 14.2. The molecule has 1 heterocycles. The molecular formula is C17H25N3O3. The van der Waals surface area contributed by atoms with Crippen LogP contribution >= 0.6 is 0 Å². The minimum atomic E-state index is -0.510. The minimum Gasteiger partial charge on any atom is -0.444 e. The molecule has 1 fully saturated rings. The second-order valence-electron chi connectivity index (χ2n) is 6.68. The molecule has 1 unspecified atom stereocenters. The van der Waals surface area contributed by atoms with Crippen molar-refractivity contribution < 1.29 is 14.3 Å². The second-order valence-corrected chi connectivity index (χ2v) is 6.68. The van der Waals surface area contributed by atoms with Crippen LogP contribution < -0.4 is 10.6 Å². The van der Waals surface area contributed by atoms with Gasteiger partial charge in [0.2, 0.25) is 0 Å². The molecule has 0 radical (unpaired) electrons. The maximum Gasteiger partial charge on any atom is 0.410 e. The number of amides is 2. The Morgan fingerprint density at radius 2 is 1.96 bits per heavy atom. The lowest BCUT2D eigenvalue weighted by atomic mass is 10.1. The van der Waals surface area contributed by atoms with Crippen molar-refractivity contribution in [2.75, 3.05) is 25.5 Å². The van der Waals surface area contributed by atoms with Gasteiger partial charge in [-0.1, -0.05) is 12.1 Å². The summed E-state index contributed by atoms with van der Waals surface area (Å²) in [4.78, 5) is 26.1. The van der Waals surface area contributed by atoms with Gasteiger partial charge in [0, 0.05) is 31.9 Å². The molecule has 0 aromatic heterocycles. The number of likely N-dealkylation sites (tertiary alicyclic amines) is 1. The van der Waals surface area contributed by atoms with E-state index >= 15 is 0 Å². The van der Waals surface area contributed by atoms with Crippen molar-refractivity contribution in [3.63, 3.8) is 0 Å². The van der Waals surface area contributed by atoms with Crippen LogP contribution in [-0.2, 0) is 4.74 Å². The molecule has 2 rings (SSSR count). The van der Waals surface area contributed by atoms with E-state index in [-0.39, 0.29) is 18.0 Å². The topological polar surface area (TPSA) is 70.7 Å². The number of ether oxygens (including phenoxy) is 1. The normalized spacial score (nSPS) is 17.7. The third kappa shape index (κ3) is 4.61. The Morgan fingerprint density at radius 1 is 1.26 bits per heavy atom.